The number of nitrogens with zero attached hydrogens (tertiary/aromatic N) is 2. The van der Waals surface area contributed by atoms with Crippen LogP contribution in [0.4, 0.5) is 5.82 Å². The molecular weight excluding hydrogens is 370 g/mol. The number of aromatic amines is 1. The zero-order chi connectivity index (χ0) is 18.5. The fraction of sp³-hybridized carbons (Fsp3) is 0.167. The molecule has 0 radical (unpaired) electrons. The average molecular weight is 386 g/mol. The molecule has 3 rings (SSSR count). The Kier molecular flexibility index (Phi) is 5.56. The number of anilines is 1. The van der Waals surface area contributed by atoms with Gasteiger partial charge in [-0.1, -0.05) is 23.7 Å². The Morgan fingerprint density at radius 3 is 2.81 bits per heavy atom. The summed E-state index contributed by atoms with van der Waals surface area (Å²) < 4.78 is 0. The van der Waals surface area contributed by atoms with Gasteiger partial charge in [-0.05, 0) is 42.7 Å². The van der Waals surface area contributed by atoms with Crippen LogP contribution in [-0.2, 0) is 6.42 Å². The lowest BCUT2D eigenvalue weighted by Crippen LogP contribution is -2.23. The number of hydrogen-bond acceptors (Lipinski definition) is 5. The van der Waals surface area contributed by atoms with Crippen molar-refractivity contribution in [3.8, 4) is 16.5 Å². The molecule has 1 aromatic carbocycles. The van der Waals surface area contributed by atoms with Gasteiger partial charge in [0.2, 0.25) is 0 Å². The first-order valence-corrected chi connectivity index (χ1v) is 9.14. The predicted octanol–water partition coefficient (Wildman–Crippen LogP) is 3.61. The van der Waals surface area contributed by atoms with E-state index in [4.69, 9.17) is 22.6 Å². The number of nitrogen functional groups attached to an aromatic ring is 1. The molecule has 0 aliphatic heterocycles. The lowest BCUT2D eigenvalue weighted by atomic mass is 10.1. The van der Waals surface area contributed by atoms with Crippen LogP contribution in [0.5, 0.6) is 0 Å². The van der Waals surface area contributed by atoms with Crippen LogP contribution in [0.15, 0.2) is 36.4 Å². The first-order chi connectivity index (χ1) is 12.6. The van der Waals surface area contributed by atoms with Crippen LogP contribution in [-0.4, -0.2) is 22.6 Å². The van der Waals surface area contributed by atoms with Gasteiger partial charge >= 0.3 is 0 Å². The van der Waals surface area contributed by atoms with E-state index in [-0.39, 0.29) is 11.7 Å². The van der Waals surface area contributed by atoms with E-state index in [0.29, 0.717) is 40.5 Å². The molecule has 4 N–H and O–H groups in total. The number of hydrogen-bond donors (Lipinski definition) is 3. The second-order valence-electron chi connectivity index (χ2n) is 5.60. The fourth-order valence-electron chi connectivity index (χ4n) is 2.48. The summed E-state index contributed by atoms with van der Waals surface area (Å²) >= 11 is 7.33. The lowest BCUT2D eigenvalue weighted by molar-refractivity contribution is 0.0957. The van der Waals surface area contributed by atoms with Crippen LogP contribution in [0.1, 0.15) is 27.3 Å². The largest absolute Gasteiger partial charge is 0.381 e. The minimum atomic E-state index is -0.111. The maximum atomic E-state index is 12.3. The standard InChI is InChI=1S/C18H16ClN5OS/c19-12-5-3-11(4-6-12)15-7-8-16(26-15)18(25)22-9-1-2-14-13(10-20)17(21)24-23-14/h3-8H,1-2,9H2,(H,22,25)(H3,21,23,24). The van der Waals surface area contributed by atoms with Gasteiger partial charge in [0.15, 0.2) is 5.82 Å². The molecule has 26 heavy (non-hydrogen) atoms. The monoisotopic (exact) mass is 385 g/mol. The number of H-pyrrole nitrogens is 1. The molecule has 2 heterocycles. The number of nitrogens with two attached hydrogens (primary N) is 1. The Hall–Kier alpha value is -2.82. The molecule has 0 atom stereocenters. The second-order valence-corrected chi connectivity index (χ2v) is 7.12. The third kappa shape index (κ3) is 4.04. The molecule has 0 spiro atoms. The fourth-order valence-corrected chi connectivity index (χ4v) is 3.54. The van der Waals surface area contributed by atoms with E-state index in [9.17, 15) is 4.79 Å². The van der Waals surface area contributed by atoms with E-state index in [1.54, 1.807) is 0 Å². The number of halogens is 1. The molecule has 0 fully saturated rings. The van der Waals surface area contributed by atoms with Crippen LogP contribution in [0.25, 0.3) is 10.4 Å². The van der Waals surface area contributed by atoms with Crippen molar-refractivity contribution in [1.29, 1.82) is 5.26 Å². The van der Waals surface area contributed by atoms with Gasteiger partial charge in [0.1, 0.15) is 11.6 Å². The zero-order valence-corrected chi connectivity index (χ0v) is 15.3. The average Bonchev–Trinajstić information content (AvgIpc) is 3.26. The second kappa shape index (κ2) is 8.04. The van der Waals surface area contributed by atoms with Crippen molar-refractivity contribution < 1.29 is 4.79 Å². The van der Waals surface area contributed by atoms with E-state index >= 15 is 0 Å². The third-order valence-corrected chi connectivity index (χ3v) is 5.21. The Bertz CT molecular complexity index is 955. The molecule has 2 aromatic heterocycles. The van der Waals surface area contributed by atoms with Crippen molar-refractivity contribution in [1.82, 2.24) is 15.5 Å². The third-order valence-electron chi connectivity index (χ3n) is 3.83. The first-order valence-electron chi connectivity index (χ1n) is 7.95. The summed E-state index contributed by atoms with van der Waals surface area (Å²) in [4.78, 5) is 13.9. The molecule has 0 saturated carbocycles. The maximum Gasteiger partial charge on any atom is 0.261 e. The Balaban J connectivity index is 1.52. The summed E-state index contributed by atoms with van der Waals surface area (Å²) in [5.74, 6) is 0.0969. The summed E-state index contributed by atoms with van der Waals surface area (Å²) in [6, 6.07) is 13.3. The van der Waals surface area contributed by atoms with Crippen LogP contribution < -0.4 is 11.1 Å². The molecule has 132 valence electrons. The van der Waals surface area contributed by atoms with Gasteiger partial charge < -0.3 is 11.1 Å². The number of carbonyl (C=O) groups is 1. The number of benzene rings is 1. The highest BCUT2D eigenvalue weighted by Crippen LogP contribution is 2.29. The lowest BCUT2D eigenvalue weighted by Gasteiger charge is -2.03. The maximum absolute atomic E-state index is 12.3. The van der Waals surface area contributed by atoms with Crippen molar-refractivity contribution >= 4 is 34.7 Å². The van der Waals surface area contributed by atoms with Crippen LogP contribution in [0, 0.1) is 11.3 Å². The molecule has 8 heteroatoms. The summed E-state index contributed by atoms with van der Waals surface area (Å²) in [5.41, 5.74) is 7.70. The van der Waals surface area contributed by atoms with E-state index in [1.165, 1.54) is 11.3 Å². The molecule has 1 amide bonds. The van der Waals surface area contributed by atoms with Crippen LogP contribution in [0.2, 0.25) is 5.02 Å². The number of thiophene rings is 1. The number of aromatic nitrogens is 2. The highest BCUT2D eigenvalue weighted by atomic mass is 35.5. The molecule has 0 bridgehead atoms. The van der Waals surface area contributed by atoms with Crippen LogP contribution in [0.3, 0.4) is 0 Å². The van der Waals surface area contributed by atoms with Crippen molar-refractivity contribution in [2.75, 3.05) is 12.3 Å². The number of aryl methyl sites for hydroxylation is 1. The van der Waals surface area contributed by atoms with Gasteiger partial charge in [0, 0.05) is 16.4 Å². The molecular formula is C18H16ClN5OS. The van der Waals surface area contributed by atoms with Crippen molar-refractivity contribution in [3.05, 3.63) is 57.6 Å². The minimum Gasteiger partial charge on any atom is -0.381 e. The highest BCUT2D eigenvalue weighted by molar-refractivity contribution is 7.17. The molecule has 0 aliphatic rings. The van der Waals surface area contributed by atoms with Crippen LogP contribution >= 0.6 is 22.9 Å². The molecule has 0 unspecified atom stereocenters. The number of amides is 1. The smallest absolute Gasteiger partial charge is 0.261 e. The van der Waals surface area contributed by atoms with Gasteiger partial charge in [-0.3, -0.25) is 9.89 Å². The van der Waals surface area contributed by atoms with E-state index in [1.807, 2.05) is 42.5 Å². The van der Waals surface area contributed by atoms with Crippen molar-refractivity contribution in [3.63, 3.8) is 0 Å². The molecule has 0 saturated heterocycles. The summed E-state index contributed by atoms with van der Waals surface area (Å²) in [5, 5.41) is 19.2. The summed E-state index contributed by atoms with van der Waals surface area (Å²) in [6.45, 7) is 0.497. The number of nitrogens with one attached hydrogen (secondary N) is 2. The predicted molar refractivity (Wildman–Crippen MR) is 103 cm³/mol. The number of carbonyl (C=O) groups excluding carboxylic acids is 1. The van der Waals surface area contributed by atoms with Gasteiger partial charge in [0.25, 0.3) is 5.91 Å². The van der Waals surface area contributed by atoms with Crippen molar-refractivity contribution in [2.45, 2.75) is 12.8 Å². The topological polar surface area (TPSA) is 108 Å². The molecule has 6 nitrogen and oxygen atoms in total. The Morgan fingerprint density at radius 1 is 1.31 bits per heavy atom. The first kappa shape index (κ1) is 18.0. The van der Waals surface area contributed by atoms with E-state index < -0.39 is 0 Å². The van der Waals surface area contributed by atoms with Crippen molar-refractivity contribution in [2.24, 2.45) is 0 Å². The van der Waals surface area contributed by atoms with Gasteiger partial charge in [-0.25, -0.2) is 0 Å². The Morgan fingerprint density at radius 2 is 2.08 bits per heavy atom. The zero-order valence-electron chi connectivity index (χ0n) is 13.8. The quantitative estimate of drug-likeness (QED) is 0.563. The normalized spacial score (nSPS) is 10.5. The van der Waals surface area contributed by atoms with E-state index in [2.05, 4.69) is 15.5 Å². The molecule has 3 aromatic rings. The van der Waals surface area contributed by atoms with E-state index in [0.717, 1.165) is 10.4 Å². The van der Waals surface area contributed by atoms with Gasteiger partial charge in [-0.15, -0.1) is 11.3 Å². The van der Waals surface area contributed by atoms with Gasteiger partial charge in [-0.2, -0.15) is 10.4 Å². The highest BCUT2D eigenvalue weighted by Gasteiger charge is 2.12. The number of rotatable bonds is 6. The number of nitriles is 1. The SMILES string of the molecule is N#Cc1c(N)n[nH]c1CCCNC(=O)c1ccc(-c2ccc(Cl)cc2)s1. The Labute approximate surface area is 159 Å². The summed E-state index contributed by atoms with van der Waals surface area (Å²) in [7, 11) is 0. The molecule has 0 aliphatic carbocycles. The summed E-state index contributed by atoms with van der Waals surface area (Å²) in [6.07, 6.45) is 1.27. The van der Waals surface area contributed by atoms with Gasteiger partial charge in [0.05, 0.1) is 10.6 Å². The minimum absolute atomic E-state index is 0.111.